The summed E-state index contributed by atoms with van der Waals surface area (Å²) in [5, 5.41) is 16.4. The first-order chi connectivity index (χ1) is 12.4. The summed E-state index contributed by atoms with van der Waals surface area (Å²) in [5.41, 5.74) is 1.23. The SMILES string of the molecule is CC(C)C[C@@H](NC(=O)c1ccc(CNC(=O)c2cccs2)cc1)C(=O)O. The van der Waals surface area contributed by atoms with Crippen molar-refractivity contribution in [2.24, 2.45) is 5.92 Å². The molecule has 2 amide bonds. The maximum Gasteiger partial charge on any atom is 0.326 e. The van der Waals surface area contributed by atoms with Gasteiger partial charge in [0.15, 0.2) is 0 Å². The van der Waals surface area contributed by atoms with E-state index in [4.69, 9.17) is 0 Å². The molecule has 1 aromatic carbocycles. The monoisotopic (exact) mass is 374 g/mol. The Morgan fingerprint density at radius 3 is 2.31 bits per heavy atom. The zero-order valence-corrected chi connectivity index (χ0v) is 15.5. The summed E-state index contributed by atoms with van der Waals surface area (Å²) in [7, 11) is 0. The zero-order chi connectivity index (χ0) is 19.1. The van der Waals surface area contributed by atoms with Crippen molar-refractivity contribution in [3.63, 3.8) is 0 Å². The van der Waals surface area contributed by atoms with E-state index in [1.54, 1.807) is 30.3 Å². The minimum Gasteiger partial charge on any atom is -0.480 e. The van der Waals surface area contributed by atoms with Gasteiger partial charge in [-0.25, -0.2) is 4.79 Å². The quantitative estimate of drug-likeness (QED) is 0.662. The Kier molecular flexibility index (Phi) is 6.91. The Hall–Kier alpha value is -2.67. The molecule has 0 aliphatic carbocycles. The van der Waals surface area contributed by atoms with Gasteiger partial charge in [-0.15, -0.1) is 11.3 Å². The number of rotatable bonds is 8. The van der Waals surface area contributed by atoms with E-state index in [1.807, 2.05) is 25.3 Å². The molecule has 0 spiro atoms. The predicted octanol–water partition coefficient (Wildman–Crippen LogP) is 2.91. The van der Waals surface area contributed by atoms with Gasteiger partial charge >= 0.3 is 5.97 Å². The Morgan fingerprint density at radius 2 is 1.77 bits per heavy atom. The number of hydrogen-bond acceptors (Lipinski definition) is 4. The Bertz CT molecular complexity index is 754. The van der Waals surface area contributed by atoms with E-state index in [1.165, 1.54) is 11.3 Å². The second-order valence-electron chi connectivity index (χ2n) is 6.35. The van der Waals surface area contributed by atoms with Crippen LogP contribution in [-0.4, -0.2) is 28.9 Å². The smallest absolute Gasteiger partial charge is 0.326 e. The topological polar surface area (TPSA) is 95.5 Å². The minimum absolute atomic E-state index is 0.139. The number of carboxylic acids is 1. The van der Waals surface area contributed by atoms with Crippen LogP contribution in [-0.2, 0) is 11.3 Å². The third-order valence-corrected chi connectivity index (χ3v) is 4.59. The summed E-state index contributed by atoms with van der Waals surface area (Å²) in [6, 6.07) is 9.38. The van der Waals surface area contributed by atoms with Gasteiger partial charge in [-0.2, -0.15) is 0 Å². The van der Waals surface area contributed by atoms with Gasteiger partial charge in [0.25, 0.3) is 11.8 Å². The number of carboxylic acid groups (broad SMARTS) is 1. The molecule has 0 saturated carbocycles. The van der Waals surface area contributed by atoms with Crippen LogP contribution in [0, 0.1) is 5.92 Å². The van der Waals surface area contributed by atoms with Crippen molar-refractivity contribution in [2.75, 3.05) is 0 Å². The molecule has 0 radical (unpaired) electrons. The molecule has 0 saturated heterocycles. The second kappa shape index (κ2) is 9.15. The summed E-state index contributed by atoms with van der Waals surface area (Å²) in [5.74, 6) is -1.45. The number of carbonyl (C=O) groups is 3. The van der Waals surface area contributed by atoms with Crippen molar-refractivity contribution in [1.29, 1.82) is 0 Å². The van der Waals surface area contributed by atoms with Crippen molar-refractivity contribution < 1.29 is 19.5 Å². The summed E-state index contributed by atoms with van der Waals surface area (Å²) in [6.45, 7) is 4.16. The molecule has 26 heavy (non-hydrogen) atoms. The van der Waals surface area contributed by atoms with Crippen LogP contribution in [0.4, 0.5) is 0 Å². The van der Waals surface area contributed by atoms with Crippen LogP contribution in [0.25, 0.3) is 0 Å². The molecule has 6 nitrogen and oxygen atoms in total. The van der Waals surface area contributed by atoms with E-state index < -0.39 is 17.9 Å². The molecule has 0 bridgehead atoms. The molecule has 1 aromatic heterocycles. The number of aliphatic carboxylic acids is 1. The van der Waals surface area contributed by atoms with E-state index in [-0.39, 0.29) is 11.8 Å². The van der Waals surface area contributed by atoms with Crippen LogP contribution < -0.4 is 10.6 Å². The van der Waals surface area contributed by atoms with E-state index in [2.05, 4.69) is 10.6 Å². The summed E-state index contributed by atoms with van der Waals surface area (Å²) < 4.78 is 0. The highest BCUT2D eigenvalue weighted by Gasteiger charge is 2.21. The number of benzene rings is 1. The Balaban J connectivity index is 1.92. The number of thiophene rings is 1. The van der Waals surface area contributed by atoms with Crippen molar-refractivity contribution in [1.82, 2.24) is 10.6 Å². The first kappa shape index (κ1) is 19.7. The molecular weight excluding hydrogens is 352 g/mol. The van der Waals surface area contributed by atoms with Crippen LogP contribution in [0.1, 0.15) is 45.9 Å². The van der Waals surface area contributed by atoms with Gasteiger partial charge in [0.2, 0.25) is 0 Å². The molecule has 0 aliphatic heterocycles. The molecule has 1 heterocycles. The number of carbonyl (C=O) groups excluding carboxylic acids is 2. The fourth-order valence-electron chi connectivity index (χ4n) is 2.39. The highest BCUT2D eigenvalue weighted by Crippen LogP contribution is 2.10. The van der Waals surface area contributed by atoms with Gasteiger partial charge in [-0.05, 0) is 41.5 Å². The molecule has 7 heteroatoms. The zero-order valence-electron chi connectivity index (χ0n) is 14.7. The van der Waals surface area contributed by atoms with Crippen LogP contribution in [0.5, 0.6) is 0 Å². The largest absolute Gasteiger partial charge is 0.480 e. The molecule has 3 N–H and O–H groups in total. The highest BCUT2D eigenvalue weighted by atomic mass is 32.1. The van der Waals surface area contributed by atoms with Crippen LogP contribution in [0.3, 0.4) is 0 Å². The van der Waals surface area contributed by atoms with Gasteiger partial charge in [-0.1, -0.05) is 32.0 Å². The highest BCUT2D eigenvalue weighted by molar-refractivity contribution is 7.12. The maximum absolute atomic E-state index is 12.2. The van der Waals surface area contributed by atoms with Gasteiger partial charge in [0.1, 0.15) is 6.04 Å². The molecular formula is C19H22N2O4S. The lowest BCUT2D eigenvalue weighted by Crippen LogP contribution is -2.41. The Morgan fingerprint density at radius 1 is 1.08 bits per heavy atom. The third-order valence-electron chi connectivity index (χ3n) is 3.72. The number of amides is 2. The molecule has 138 valence electrons. The van der Waals surface area contributed by atoms with Crippen molar-refractivity contribution in [3.05, 3.63) is 57.8 Å². The Labute approximate surface area is 156 Å². The number of nitrogens with one attached hydrogen (secondary N) is 2. The summed E-state index contributed by atoms with van der Waals surface area (Å²) >= 11 is 1.37. The van der Waals surface area contributed by atoms with Crippen LogP contribution in [0.2, 0.25) is 0 Å². The molecule has 0 fully saturated rings. The molecule has 1 atom stereocenters. The van der Waals surface area contributed by atoms with E-state index in [9.17, 15) is 19.5 Å². The average Bonchev–Trinajstić information content (AvgIpc) is 3.13. The molecule has 2 rings (SSSR count). The second-order valence-corrected chi connectivity index (χ2v) is 7.30. The lowest BCUT2D eigenvalue weighted by Gasteiger charge is -2.16. The minimum atomic E-state index is -1.04. The normalized spacial score (nSPS) is 11.8. The van der Waals surface area contributed by atoms with Gasteiger partial charge in [0, 0.05) is 12.1 Å². The van der Waals surface area contributed by atoms with Crippen molar-refractivity contribution in [2.45, 2.75) is 32.9 Å². The number of hydrogen-bond donors (Lipinski definition) is 3. The van der Waals surface area contributed by atoms with Crippen LogP contribution >= 0.6 is 11.3 Å². The standard InChI is InChI=1S/C19H22N2O4S/c1-12(2)10-15(19(24)25)21-17(22)14-7-5-13(6-8-14)11-20-18(23)16-4-3-9-26-16/h3-9,12,15H,10-11H2,1-2H3,(H,20,23)(H,21,22)(H,24,25)/t15-/m1/s1. The van der Waals surface area contributed by atoms with Gasteiger partial charge in [-0.3, -0.25) is 9.59 Å². The first-order valence-electron chi connectivity index (χ1n) is 8.31. The van der Waals surface area contributed by atoms with E-state index >= 15 is 0 Å². The predicted molar refractivity (Wildman–Crippen MR) is 100 cm³/mol. The fraction of sp³-hybridized carbons (Fsp3) is 0.316. The van der Waals surface area contributed by atoms with Gasteiger partial charge in [0.05, 0.1) is 4.88 Å². The maximum atomic E-state index is 12.2. The van der Waals surface area contributed by atoms with E-state index in [0.717, 1.165) is 5.56 Å². The van der Waals surface area contributed by atoms with E-state index in [0.29, 0.717) is 23.4 Å². The fourth-order valence-corrected chi connectivity index (χ4v) is 3.03. The first-order valence-corrected chi connectivity index (χ1v) is 9.19. The summed E-state index contributed by atoms with van der Waals surface area (Å²) in [6.07, 6.45) is 0.369. The average molecular weight is 374 g/mol. The van der Waals surface area contributed by atoms with Crippen molar-refractivity contribution >= 4 is 29.1 Å². The van der Waals surface area contributed by atoms with Gasteiger partial charge < -0.3 is 15.7 Å². The third kappa shape index (κ3) is 5.70. The molecule has 0 unspecified atom stereocenters. The molecule has 0 aliphatic rings. The lowest BCUT2D eigenvalue weighted by atomic mass is 10.0. The summed E-state index contributed by atoms with van der Waals surface area (Å²) in [4.78, 5) is 36.0. The van der Waals surface area contributed by atoms with Crippen molar-refractivity contribution in [3.8, 4) is 0 Å². The lowest BCUT2D eigenvalue weighted by molar-refractivity contribution is -0.139. The molecule has 2 aromatic rings. The van der Waals surface area contributed by atoms with Crippen LogP contribution in [0.15, 0.2) is 41.8 Å².